The highest BCUT2D eigenvalue weighted by Crippen LogP contribution is 2.25. The third-order valence-electron chi connectivity index (χ3n) is 1.44. The van der Waals surface area contributed by atoms with Crippen molar-refractivity contribution in [2.45, 2.75) is 0 Å². The number of hydrogen-bond acceptors (Lipinski definition) is 2. The Hall–Kier alpha value is -0.800. The van der Waals surface area contributed by atoms with Crippen LogP contribution >= 0.6 is 23.8 Å². The van der Waals surface area contributed by atoms with Crippen LogP contribution in [0.4, 0.5) is 0 Å². The monoisotopic (exact) mass is 201 g/mol. The second kappa shape index (κ2) is 3.74. The second-order valence-corrected chi connectivity index (χ2v) is 3.03. The van der Waals surface area contributed by atoms with E-state index in [2.05, 4.69) is 0 Å². The Balaban J connectivity index is 3.29. The van der Waals surface area contributed by atoms with Crippen LogP contribution in [0.3, 0.4) is 0 Å². The summed E-state index contributed by atoms with van der Waals surface area (Å²) in [5, 5.41) is 0.516. The van der Waals surface area contributed by atoms with Crippen LogP contribution in [0.2, 0.25) is 5.02 Å². The molecule has 0 atom stereocenters. The van der Waals surface area contributed by atoms with Gasteiger partial charge in [0.2, 0.25) is 0 Å². The van der Waals surface area contributed by atoms with Gasteiger partial charge in [-0.2, -0.15) is 0 Å². The third-order valence-corrected chi connectivity index (χ3v) is 1.96. The molecule has 4 heteroatoms. The molecule has 1 rings (SSSR count). The molecule has 64 valence electrons. The summed E-state index contributed by atoms with van der Waals surface area (Å²) in [5.41, 5.74) is 6.05. The maximum absolute atomic E-state index is 5.86. The maximum atomic E-state index is 5.86. The zero-order valence-electron chi connectivity index (χ0n) is 6.50. The number of hydrogen-bond donors (Lipinski definition) is 1. The highest BCUT2D eigenvalue weighted by Gasteiger charge is 2.08. The summed E-state index contributed by atoms with van der Waals surface area (Å²) in [6.07, 6.45) is 0. The molecule has 2 nitrogen and oxygen atoms in total. The lowest BCUT2D eigenvalue weighted by molar-refractivity contribution is 0.414. The smallest absolute Gasteiger partial charge is 0.130 e. The van der Waals surface area contributed by atoms with Crippen LogP contribution < -0.4 is 10.5 Å². The van der Waals surface area contributed by atoms with Gasteiger partial charge in [-0.25, -0.2) is 0 Å². The van der Waals surface area contributed by atoms with E-state index in [1.807, 2.05) is 0 Å². The molecule has 0 unspecified atom stereocenters. The molecule has 0 aromatic heterocycles. The summed E-state index contributed by atoms with van der Waals surface area (Å²) in [7, 11) is 1.55. The van der Waals surface area contributed by atoms with E-state index in [4.69, 9.17) is 34.3 Å². The molecule has 0 radical (unpaired) electrons. The molecule has 1 aromatic rings. The van der Waals surface area contributed by atoms with Crippen LogP contribution in [-0.4, -0.2) is 12.1 Å². The van der Waals surface area contributed by atoms with E-state index in [1.54, 1.807) is 25.3 Å². The van der Waals surface area contributed by atoms with Gasteiger partial charge in [0.1, 0.15) is 10.7 Å². The van der Waals surface area contributed by atoms with E-state index in [9.17, 15) is 0 Å². The van der Waals surface area contributed by atoms with Crippen LogP contribution in [-0.2, 0) is 0 Å². The first-order chi connectivity index (χ1) is 5.66. The van der Waals surface area contributed by atoms with Gasteiger partial charge < -0.3 is 10.5 Å². The Kier molecular flexibility index (Phi) is 2.89. The normalized spacial score (nSPS) is 9.50. The summed E-state index contributed by atoms with van der Waals surface area (Å²) in [5.74, 6) is 0.606. The predicted octanol–water partition coefficient (Wildman–Crippen LogP) is 1.98. The van der Waals surface area contributed by atoms with E-state index in [-0.39, 0.29) is 4.99 Å². The van der Waals surface area contributed by atoms with Gasteiger partial charge in [-0.15, -0.1) is 0 Å². The van der Waals surface area contributed by atoms with Gasteiger partial charge in [0, 0.05) is 0 Å². The molecule has 0 aliphatic heterocycles. The third kappa shape index (κ3) is 1.68. The van der Waals surface area contributed by atoms with Crippen molar-refractivity contribution < 1.29 is 4.74 Å². The SMILES string of the molecule is COc1cccc(Cl)c1C(N)=S. The molecule has 0 saturated carbocycles. The Bertz CT molecular complexity index is 314. The summed E-state index contributed by atoms with van der Waals surface area (Å²) in [4.78, 5) is 0.248. The topological polar surface area (TPSA) is 35.2 Å². The lowest BCUT2D eigenvalue weighted by Gasteiger charge is -2.07. The number of thiocarbonyl (C=S) groups is 1. The summed E-state index contributed by atoms with van der Waals surface area (Å²) >= 11 is 10.7. The highest BCUT2D eigenvalue weighted by atomic mass is 35.5. The van der Waals surface area contributed by atoms with Crippen molar-refractivity contribution in [3.8, 4) is 5.75 Å². The molecular formula is C8H8ClNOS. The first-order valence-corrected chi connectivity index (χ1v) is 4.07. The van der Waals surface area contributed by atoms with Gasteiger partial charge in [-0.05, 0) is 12.1 Å². The Labute approximate surface area is 81.3 Å². The number of ether oxygens (including phenoxy) is 1. The van der Waals surface area contributed by atoms with Crippen molar-refractivity contribution in [1.29, 1.82) is 0 Å². The average molecular weight is 202 g/mol. The van der Waals surface area contributed by atoms with E-state index in [1.165, 1.54) is 0 Å². The van der Waals surface area contributed by atoms with Crippen LogP contribution in [0.5, 0.6) is 5.75 Å². The number of benzene rings is 1. The van der Waals surface area contributed by atoms with Crippen molar-refractivity contribution >= 4 is 28.8 Å². The maximum Gasteiger partial charge on any atom is 0.130 e. The minimum Gasteiger partial charge on any atom is -0.496 e. The Morgan fingerprint density at radius 1 is 1.58 bits per heavy atom. The van der Waals surface area contributed by atoms with Crippen molar-refractivity contribution in [1.82, 2.24) is 0 Å². The van der Waals surface area contributed by atoms with Crippen molar-refractivity contribution in [3.63, 3.8) is 0 Å². The molecule has 0 spiro atoms. The standard InChI is InChI=1S/C8H8ClNOS/c1-11-6-4-2-3-5(9)7(6)8(10)12/h2-4H,1H3,(H2,10,12). The number of methoxy groups -OCH3 is 1. The zero-order chi connectivity index (χ0) is 9.14. The first-order valence-electron chi connectivity index (χ1n) is 3.29. The molecule has 1 aromatic carbocycles. The van der Waals surface area contributed by atoms with E-state index >= 15 is 0 Å². The molecule has 0 bridgehead atoms. The fourth-order valence-electron chi connectivity index (χ4n) is 0.914. The van der Waals surface area contributed by atoms with E-state index < -0.39 is 0 Å². The molecule has 0 aliphatic carbocycles. The fraction of sp³-hybridized carbons (Fsp3) is 0.125. The van der Waals surface area contributed by atoms with E-state index in [0.717, 1.165) is 0 Å². The molecule has 0 aliphatic rings. The summed E-state index contributed by atoms with van der Waals surface area (Å²) in [6.45, 7) is 0. The van der Waals surface area contributed by atoms with Gasteiger partial charge in [0.25, 0.3) is 0 Å². The molecule has 2 N–H and O–H groups in total. The minimum absolute atomic E-state index is 0.248. The van der Waals surface area contributed by atoms with Gasteiger partial charge >= 0.3 is 0 Å². The predicted molar refractivity (Wildman–Crippen MR) is 53.9 cm³/mol. The quantitative estimate of drug-likeness (QED) is 0.744. The van der Waals surface area contributed by atoms with Gasteiger partial charge in [0.15, 0.2) is 0 Å². The zero-order valence-corrected chi connectivity index (χ0v) is 8.08. The fourth-order valence-corrected chi connectivity index (χ4v) is 1.45. The van der Waals surface area contributed by atoms with Crippen molar-refractivity contribution in [3.05, 3.63) is 28.8 Å². The van der Waals surface area contributed by atoms with Crippen molar-refractivity contribution in [2.75, 3.05) is 7.11 Å². The molecule has 0 heterocycles. The van der Waals surface area contributed by atoms with Crippen molar-refractivity contribution in [2.24, 2.45) is 5.73 Å². The van der Waals surface area contributed by atoms with Gasteiger partial charge in [0.05, 0.1) is 17.7 Å². The lowest BCUT2D eigenvalue weighted by atomic mass is 10.2. The van der Waals surface area contributed by atoms with Crippen LogP contribution in [0, 0.1) is 0 Å². The number of nitrogens with two attached hydrogens (primary N) is 1. The molecule has 0 saturated heterocycles. The summed E-state index contributed by atoms with van der Waals surface area (Å²) < 4.78 is 5.04. The largest absolute Gasteiger partial charge is 0.496 e. The average Bonchev–Trinajstić information content (AvgIpc) is 2.03. The number of halogens is 1. The van der Waals surface area contributed by atoms with Crippen LogP contribution in [0.15, 0.2) is 18.2 Å². The first kappa shape index (κ1) is 9.29. The second-order valence-electron chi connectivity index (χ2n) is 2.18. The van der Waals surface area contributed by atoms with E-state index in [0.29, 0.717) is 16.3 Å². The molecule has 12 heavy (non-hydrogen) atoms. The molecule has 0 amide bonds. The summed E-state index contributed by atoms with van der Waals surface area (Å²) in [6, 6.07) is 5.27. The number of rotatable bonds is 2. The van der Waals surface area contributed by atoms with Crippen LogP contribution in [0.25, 0.3) is 0 Å². The molecular weight excluding hydrogens is 194 g/mol. The van der Waals surface area contributed by atoms with Gasteiger partial charge in [-0.3, -0.25) is 0 Å². The van der Waals surface area contributed by atoms with Gasteiger partial charge in [-0.1, -0.05) is 29.9 Å². The molecule has 0 fully saturated rings. The van der Waals surface area contributed by atoms with Crippen LogP contribution in [0.1, 0.15) is 5.56 Å². The minimum atomic E-state index is 0.248. The lowest BCUT2D eigenvalue weighted by Crippen LogP contribution is -2.11. The Morgan fingerprint density at radius 3 is 2.67 bits per heavy atom. The highest BCUT2D eigenvalue weighted by molar-refractivity contribution is 7.80. The Morgan fingerprint density at radius 2 is 2.25 bits per heavy atom.